The van der Waals surface area contributed by atoms with Crippen molar-refractivity contribution in [2.75, 3.05) is 25.2 Å². The molecule has 0 fully saturated rings. The van der Waals surface area contributed by atoms with Gasteiger partial charge in [0.1, 0.15) is 5.82 Å². The number of nitrogens with zero attached hydrogens (tertiary/aromatic N) is 1. The van der Waals surface area contributed by atoms with E-state index >= 15 is 0 Å². The lowest BCUT2D eigenvalue weighted by Crippen LogP contribution is -2.35. The van der Waals surface area contributed by atoms with E-state index in [2.05, 4.69) is 18.7 Å². The van der Waals surface area contributed by atoms with Crippen LogP contribution in [0.5, 0.6) is 0 Å². The number of anilines is 1. The van der Waals surface area contributed by atoms with Gasteiger partial charge in [-0.15, -0.1) is 0 Å². The van der Waals surface area contributed by atoms with Gasteiger partial charge in [0.05, 0.1) is 6.61 Å². The van der Waals surface area contributed by atoms with E-state index < -0.39 is 0 Å². The minimum absolute atomic E-state index is 0.245. The van der Waals surface area contributed by atoms with E-state index in [9.17, 15) is 4.39 Å². The zero-order chi connectivity index (χ0) is 13.7. The van der Waals surface area contributed by atoms with Crippen molar-refractivity contribution in [2.24, 2.45) is 5.73 Å². The van der Waals surface area contributed by atoms with Crippen LogP contribution < -0.4 is 10.6 Å². The van der Waals surface area contributed by atoms with Crippen LogP contribution in [-0.4, -0.2) is 26.3 Å². The number of nitrogens with two attached hydrogens (primary N) is 1. The molecule has 0 aromatic heterocycles. The summed E-state index contributed by atoms with van der Waals surface area (Å²) in [6.07, 6.45) is 0. The van der Waals surface area contributed by atoms with Crippen LogP contribution in [0.25, 0.3) is 0 Å². The van der Waals surface area contributed by atoms with Gasteiger partial charge in [-0.1, -0.05) is 6.07 Å². The number of ether oxygens (including phenoxy) is 1. The molecule has 1 aromatic carbocycles. The highest BCUT2D eigenvalue weighted by molar-refractivity contribution is 5.56. The van der Waals surface area contributed by atoms with Crippen LogP contribution in [-0.2, 0) is 4.74 Å². The van der Waals surface area contributed by atoms with Crippen LogP contribution in [0.4, 0.5) is 10.1 Å². The lowest BCUT2D eigenvalue weighted by molar-refractivity contribution is 0.203. The fourth-order valence-electron chi connectivity index (χ4n) is 2.07. The lowest BCUT2D eigenvalue weighted by atomic mass is 10.0. The Labute approximate surface area is 109 Å². The van der Waals surface area contributed by atoms with Gasteiger partial charge in [0.15, 0.2) is 0 Å². The molecular weight excluding hydrogens is 231 g/mol. The van der Waals surface area contributed by atoms with E-state index in [1.54, 1.807) is 20.1 Å². The van der Waals surface area contributed by atoms with Gasteiger partial charge in [0.25, 0.3) is 0 Å². The molecule has 1 rings (SSSR count). The molecule has 1 atom stereocenters. The molecule has 102 valence electrons. The summed E-state index contributed by atoms with van der Waals surface area (Å²) in [5.74, 6) is -0.245. The molecule has 18 heavy (non-hydrogen) atoms. The first-order valence-electron chi connectivity index (χ1n) is 6.28. The number of rotatable bonds is 6. The van der Waals surface area contributed by atoms with Crippen LogP contribution in [0.15, 0.2) is 18.2 Å². The molecule has 3 nitrogen and oxygen atoms in total. The molecule has 1 aromatic rings. The summed E-state index contributed by atoms with van der Waals surface area (Å²) in [5, 5.41) is 0. The second-order valence-corrected chi connectivity index (χ2v) is 4.74. The predicted molar refractivity (Wildman–Crippen MR) is 73.4 cm³/mol. The smallest absolute Gasteiger partial charge is 0.130 e. The molecule has 0 heterocycles. The highest BCUT2D eigenvalue weighted by Crippen LogP contribution is 2.29. The Hall–Kier alpha value is -1.13. The topological polar surface area (TPSA) is 38.5 Å². The van der Waals surface area contributed by atoms with Gasteiger partial charge in [0.2, 0.25) is 0 Å². The summed E-state index contributed by atoms with van der Waals surface area (Å²) < 4.78 is 19.0. The van der Waals surface area contributed by atoms with Crippen molar-refractivity contribution < 1.29 is 9.13 Å². The van der Waals surface area contributed by atoms with E-state index in [1.807, 2.05) is 6.07 Å². The van der Waals surface area contributed by atoms with E-state index in [0.29, 0.717) is 12.2 Å². The Morgan fingerprint density at radius 2 is 2.00 bits per heavy atom. The zero-order valence-electron chi connectivity index (χ0n) is 11.6. The summed E-state index contributed by atoms with van der Waals surface area (Å²) in [7, 11) is 1.66. The van der Waals surface area contributed by atoms with Gasteiger partial charge in [-0.3, -0.25) is 0 Å². The fourth-order valence-corrected chi connectivity index (χ4v) is 2.07. The first-order chi connectivity index (χ1) is 8.49. The molecule has 0 unspecified atom stereocenters. The van der Waals surface area contributed by atoms with Crippen molar-refractivity contribution in [1.29, 1.82) is 0 Å². The van der Waals surface area contributed by atoms with Crippen molar-refractivity contribution in [2.45, 2.75) is 32.9 Å². The molecule has 0 amide bonds. The predicted octanol–water partition coefficient (Wildman–Crippen LogP) is 2.71. The molecule has 2 N–H and O–H groups in total. The van der Waals surface area contributed by atoms with E-state index in [4.69, 9.17) is 10.5 Å². The average Bonchev–Trinajstić information content (AvgIpc) is 2.28. The fraction of sp³-hybridized carbons (Fsp3) is 0.571. The summed E-state index contributed by atoms with van der Waals surface area (Å²) >= 11 is 0. The maximum Gasteiger partial charge on any atom is 0.130 e. The van der Waals surface area contributed by atoms with Crippen molar-refractivity contribution in [3.8, 4) is 0 Å². The van der Waals surface area contributed by atoms with Gasteiger partial charge in [-0.25, -0.2) is 4.39 Å². The van der Waals surface area contributed by atoms with Gasteiger partial charge in [-0.05, 0) is 32.9 Å². The third-order valence-electron chi connectivity index (χ3n) is 2.95. The molecule has 0 radical (unpaired) electrons. The first kappa shape index (κ1) is 14.9. The Balaban J connectivity index is 3.14. The van der Waals surface area contributed by atoms with E-state index in [1.165, 1.54) is 6.07 Å². The Morgan fingerprint density at radius 3 is 2.50 bits per heavy atom. The third-order valence-corrected chi connectivity index (χ3v) is 2.95. The van der Waals surface area contributed by atoms with Crippen LogP contribution in [0.3, 0.4) is 0 Å². The molecule has 0 bridgehead atoms. The normalized spacial score (nSPS) is 12.8. The lowest BCUT2D eigenvalue weighted by Gasteiger charge is -2.31. The van der Waals surface area contributed by atoms with Crippen LogP contribution >= 0.6 is 0 Å². The number of methoxy groups -OCH3 is 1. The van der Waals surface area contributed by atoms with Crippen molar-refractivity contribution >= 4 is 5.69 Å². The molecule has 4 heteroatoms. The minimum Gasteiger partial charge on any atom is -0.383 e. The Bertz CT molecular complexity index is 380. The van der Waals surface area contributed by atoms with Crippen LogP contribution in [0.2, 0.25) is 0 Å². The van der Waals surface area contributed by atoms with Crippen LogP contribution in [0.1, 0.15) is 32.4 Å². The SMILES string of the molecule is COCCN(c1cccc(F)c1[C@@H](C)N)C(C)C. The van der Waals surface area contributed by atoms with E-state index in [-0.39, 0.29) is 17.9 Å². The monoisotopic (exact) mass is 254 g/mol. The Kier molecular flexibility index (Phi) is 5.56. The molecule has 0 spiro atoms. The molecule has 0 aliphatic carbocycles. The average molecular weight is 254 g/mol. The maximum atomic E-state index is 13.9. The minimum atomic E-state index is -0.329. The molecule has 0 saturated carbocycles. The molecule has 0 saturated heterocycles. The van der Waals surface area contributed by atoms with Crippen molar-refractivity contribution in [1.82, 2.24) is 0 Å². The van der Waals surface area contributed by atoms with Crippen LogP contribution in [0, 0.1) is 5.82 Å². The summed E-state index contributed by atoms with van der Waals surface area (Å²) in [6.45, 7) is 7.28. The summed E-state index contributed by atoms with van der Waals surface area (Å²) in [4.78, 5) is 2.12. The summed E-state index contributed by atoms with van der Waals surface area (Å²) in [5.41, 5.74) is 7.31. The quantitative estimate of drug-likeness (QED) is 0.848. The van der Waals surface area contributed by atoms with Gasteiger partial charge < -0.3 is 15.4 Å². The standard InChI is InChI=1S/C14H23FN2O/c1-10(2)17(8-9-18-4)13-7-5-6-12(15)14(13)11(3)16/h5-7,10-11H,8-9,16H2,1-4H3/t11-/m1/s1. The van der Waals surface area contributed by atoms with E-state index in [0.717, 1.165) is 12.2 Å². The number of benzene rings is 1. The number of hydrogen-bond donors (Lipinski definition) is 1. The van der Waals surface area contributed by atoms with Gasteiger partial charge in [0, 0.05) is 37.0 Å². The second-order valence-electron chi connectivity index (χ2n) is 4.74. The molecule has 0 aliphatic rings. The Morgan fingerprint density at radius 1 is 1.33 bits per heavy atom. The summed E-state index contributed by atoms with van der Waals surface area (Å²) in [6, 6.07) is 5.03. The van der Waals surface area contributed by atoms with Gasteiger partial charge >= 0.3 is 0 Å². The third kappa shape index (κ3) is 3.43. The largest absolute Gasteiger partial charge is 0.383 e. The number of halogens is 1. The van der Waals surface area contributed by atoms with Gasteiger partial charge in [-0.2, -0.15) is 0 Å². The highest BCUT2D eigenvalue weighted by Gasteiger charge is 2.19. The van der Waals surface area contributed by atoms with Crippen molar-refractivity contribution in [3.05, 3.63) is 29.6 Å². The molecule has 0 aliphatic heterocycles. The highest BCUT2D eigenvalue weighted by atomic mass is 19.1. The maximum absolute atomic E-state index is 13.9. The van der Waals surface area contributed by atoms with Crippen molar-refractivity contribution in [3.63, 3.8) is 0 Å². The second kappa shape index (κ2) is 6.71. The zero-order valence-corrected chi connectivity index (χ0v) is 11.6. The first-order valence-corrected chi connectivity index (χ1v) is 6.28. The molecular formula is C14H23FN2O. The number of hydrogen-bond acceptors (Lipinski definition) is 3.